The molecule has 0 saturated heterocycles. The second-order valence-corrected chi connectivity index (χ2v) is 9.03. The van der Waals surface area contributed by atoms with E-state index in [9.17, 15) is 17.6 Å². The van der Waals surface area contributed by atoms with Crippen LogP contribution in [0.15, 0.2) is 33.8 Å². The third kappa shape index (κ3) is 4.91. The van der Waals surface area contributed by atoms with Crippen molar-refractivity contribution < 1.29 is 22.0 Å². The van der Waals surface area contributed by atoms with Crippen LogP contribution < -0.4 is 15.4 Å². The van der Waals surface area contributed by atoms with Crippen LogP contribution in [0.2, 0.25) is 0 Å². The number of carbonyl (C=O) groups is 1. The molecular weight excluding hydrogens is 409 g/mol. The number of benzene rings is 1. The zero-order valence-electron chi connectivity index (χ0n) is 15.8. The maximum absolute atomic E-state index is 14.6. The molecule has 10 heteroatoms. The van der Waals surface area contributed by atoms with Crippen molar-refractivity contribution in [1.29, 1.82) is 0 Å². The van der Waals surface area contributed by atoms with Gasteiger partial charge in [0.15, 0.2) is 5.76 Å². The summed E-state index contributed by atoms with van der Waals surface area (Å²) in [5.74, 6) is -1.42. The molecule has 1 aromatic carbocycles. The van der Waals surface area contributed by atoms with Gasteiger partial charge in [0, 0.05) is 12.1 Å². The summed E-state index contributed by atoms with van der Waals surface area (Å²) in [5.41, 5.74) is 0.768. The number of amides is 1. The van der Waals surface area contributed by atoms with Crippen molar-refractivity contribution in [1.82, 2.24) is 10.0 Å². The molecule has 0 aliphatic carbocycles. The van der Waals surface area contributed by atoms with E-state index >= 15 is 0 Å². The van der Waals surface area contributed by atoms with E-state index in [-0.39, 0.29) is 28.9 Å². The summed E-state index contributed by atoms with van der Waals surface area (Å²) in [6.07, 6.45) is 0.534. The van der Waals surface area contributed by atoms with Crippen molar-refractivity contribution in [3.8, 4) is 0 Å². The van der Waals surface area contributed by atoms with Crippen LogP contribution in [0.4, 0.5) is 10.1 Å². The van der Waals surface area contributed by atoms with Gasteiger partial charge >= 0.3 is 0 Å². The normalized spacial score (nSPS) is 14.1. The summed E-state index contributed by atoms with van der Waals surface area (Å²) in [4.78, 5) is 12.4. The van der Waals surface area contributed by atoms with Gasteiger partial charge in [-0.15, -0.1) is 12.4 Å². The Bertz CT molecular complexity index is 983. The molecule has 1 aromatic heterocycles. The minimum Gasteiger partial charge on any atom is -0.438 e. The van der Waals surface area contributed by atoms with Gasteiger partial charge in [0.25, 0.3) is 15.9 Å². The van der Waals surface area contributed by atoms with Gasteiger partial charge < -0.3 is 15.1 Å². The van der Waals surface area contributed by atoms with Crippen LogP contribution in [-0.4, -0.2) is 26.4 Å². The maximum Gasteiger partial charge on any atom is 0.291 e. The maximum atomic E-state index is 14.6. The summed E-state index contributed by atoms with van der Waals surface area (Å²) in [5, 5.41) is 5.23. The van der Waals surface area contributed by atoms with Crippen LogP contribution >= 0.6 is 12.4 Å². The van der Waals surface area contributed by atoms with E-state index in [2.05, 4.69) is 15.4 Å². The first-order valence-electron chi connectivity index (χ1n) is 8.53. The molecule has 0 saturated carbocycles. The molecule has 0 radical (unpaired) electrons. The van der Waals surface area contributed by atoms with E-state index in [1.807, 2.05) is 0 Å². The van der Waals surface area contributed by atoms with Crippen molar-refractivity contribution in [2.75, 3.05) is 11.9 Å². The van der Waals surface area contributed by atoms with Crippen molar-refractivity contribution in [2.45, 2.75) is 44.4 Å². The lowest BCUT2D eigenvalue weighted by atomic mass is 9.99. The summed E-state index contributed by atoms with van der Waals surface area (Å²) in [6, 6.07) is 5.68. The lowest BCUT2D eigenvalue weighted by molar-refractivity contribution is 0.0991. The molecule has 3 rings (SSSR count). The molecule has 154 valence electrons. The van der Waals surface area contributed by atoms with Gasteiger partial charge in [-0.25, -0.2) is 17.5 Å². The average Bonchev–Trinajstić information content (AvgIpc) is 3.07. The molecule has 0 fully saturated rings. The van der Waals surface area contributed by atoms with Crippen LogP contribution in [0.5, 0.6) is 0 Å². The molecule has 1 aliphatic heterocycles. The van der Waals surface area contributed by atoms with E-state index < -0.39 is 27.3 Å². The van der Waals surface area contributed by atoms with Crippen LogP contribution in [0.1, 0.15) is 42.5 Å². The minimum atomic E-state index is -3.90. The summed E-state index contributed by atoms with van der Waals surface area (Å²) >= 11 is 0. The van der Waals surface area contributed by atoms with Crippen molar-refractivity contribution in [3.05, 3.63) is 47.0 Å². The third-order valence-electron chi connectivity index (χ3n) is 3.97. The Morgan fingerprint density at radius 1 is 1.21 bits per heavy atom. The fourth-order valence-corrected chi connectivity index (χ4v) is 4.21. The van der Waals surface area contributed by atoms with Crippen LogP contribution in [-0.2, 0) is 23.0 Å². The van der Waals surface area contributed by atoms with E-state index in [0.29, 0.717) is 25.1 Å². The number of carbonyl (C=O) groups excluding carboxylic acids is 1. The molecule has 2 heterocycles. The van der Waals surface area contributed by atoms with Crippen molar-refractivity contribution in [2.24, 2.45) is 0 Å². The molecule has 0 atom stereocenters. The molecule has 1 amide bonds. The van der Waals surface area contributed by atoms with Gasteiger partial charge in [0.1, 0.15) is 5.82 Å². The van der Waals surface area contributed by atoms with Crippen molar-refractivity contribution >= 4 is 34.0 Å². The zero-order valence-corrected chi connectivity index (χ0v) is 17.4. The predicted molar refractivity (Wildman–Crippen MR) is 106 cm³/mol. The number of rotatable bonds is 4. The second-order valence-electron chi connectivity index (χ2n) is 7.42. The first-order valence-corrected chi connectivity index (χ1v) is 10.0. The molecule has 0 unspecified atom stereocenters. The SMILES string of the molecule is CC(C)(C)NS(=O)(=O)c1ccc(C(=O)Nc2ccc3c(c2F)CCNC3)o1.Cl. The Morgan fingerprint density at radius 3 is 2.61 bits per heavy atom. The van der Waals surface area contributed by atoms with E-state index in [1.54, 1.807) is 26.8 Å². The molecular formula is C18H23ClFN3O4S. The van der Waals surface area contributed by atoms with Crippen molar-refractivity contribution in [3.63, 3.8) is 0 Å². The highest BCUT2D eigenvalue weighted by Crippen LogP contribution is 2.25. The highest BCUT2D eigenvalue weighted by molar-refractivity contribution is 7.89. The van der Waals surface area contributed by atoms with Gasteiger partial charge in [0.2, 0.25) is 5.09 Å². The van der Waals surface area contributed by atoms with E-state index in [0.717, 1.165) is 5.56 Å². The zero-order chi connectivity index (χ0) is 19.8. The number of nitrogens with one attached hydrogen (secondary N) is 3. The van der Waals surface area contributed by atoms with Crippen LogP contribution in [0.3, 0.4) is 0 Å². The smallest absolute Gasteiger partial charge is 0.291 e. The Labute approximate surface area is 169 Å². The lowest BCUT2D eigenvalue weighted by Gasteiger charge is -2.19. The second kappa shape index (κ2) is 8.20. The predicted octanol–water partition coefficient (Wildman–Crippen LogP) is 2.82. The average molecular weight is 432 g/mol. The number of sulfonamides is 1. The largest absolute Gasteiger partial charge is 0.438 e. The third-order valence-corrected chi connectivity index (χ3v) is 5.60. The molecule has 0 bridgehead atoms. The Balaban J connectivity index is 0.00000280. The Hall–Kier alpha value is -1.94. The molecule has 28 heavy (non-hydrogen) atoms. The van der Waals surface area contributed by atoms with E-state index in [4.69, 9.17) is 4.42 Å². The molecule has 1 aliphatic rings. The highest BCUT2D eigenvalue weighted by Gasteiger charge is 2.26. The van der Waals surface area contributed by atoms with Crippen LogP contribution in [0, 0.1) is 5.82 Å². The molecule has 2 aromatic rings. The van der Waals surface area contributed by atoms with Gasteiger partial charge in [-0.1, -0.05) is 6.07 Å². The first kappa shape index (κ1) is 22.4. The fourth-order valence-electron chi connectivity index (χ4n) is 2.85. The number of hydrogen-bond acceptors (Lipinski definition) is 5. The quantitative estimate of drug-likeness (QED) is 0.691. The van der Waals surface area contributed by atoms with Gasteiger partial charge in [-0.2, -0.15) is 0 Å². The molecule has 7 nitrogen and oxygen atoms in total. The topological polar surface area (TPSA) is 100 Å². The standard InChI is InChI=1S/C18H22FN3O4S.ClH/c1-18(2,3)22-27(24,25)15-7-6-14(26-15)17(23)21-13-5-4-11-10-20-9-8-12(11)16(13)19;/h4-7,20,22H,8-10H2,1-3H3,(H,21,23);1H. The molecule has 0 spiro atoms. The first-order chi connectivity index (χ1) is 12.6. The number of hydrogen-bond donors (Lipinski definition) is 3. The van der Waals surface area contributed by atoms with Crippen LogP contribution in [0.25, 0.3) is 0 Å². The lowest BCUT2D eigenvalue weighted by Crippen LogP contribution is -2.40. The number of anilines is 1. The summed E-state index contributed by atoms with van der Waals surface area (Å²) in [7, 11) is -3.90. The number of halogens is 2. The fraction of sp³-hybridized carbons (Fsp3) is 0.389. The summed E-state index contributed by atoms with van der Waals surface area (Å²) < 4.78 is 46.8. The van der Waals surface area contributed by atoms with E-state index in [1.165, 1.54) is 18.2 Å². The van der Waals surface area contributed by atoms with Gasteiger partial charge in [-0.05, 0) is 63.1 Å². The van der Waals surface area contributed by atoms with Gasteiger partial charge in [-0.3, -0.25) is 4.79 Å². The monoisotopic (exact) mass is 431 g/mol. The van der Waals surface area contributed by atoms with Gasteiger partial charge in [0.05, 0.1) is 5.69 Å². The number of fused-ring (bicyclic) bond motifs is 1. The summed E-state index contributed by atoms with van der Waals surface area (Å²) in [6.45, 7) is 6.32. The molecule has 3 N–H and O–H groups in total. The highest BCUT2D eigenvalue weighted by atomic mass is 35.5. The Morgan fingerprint density at radius 2 is 1.93 bits per heavy atom. The Kier molecular flexibility index (Phi) is 6.55. The minimum absolute atomic E-state index is 0. The number of furan rings is 1.